The summed E-state index contributed by atoms with van der Waals surface area (Å²) >= 11 is 5.74. The second kappa shape index (κ2) is 5.88. The van der Waals surface area contributed by atoms with Gasteiger partial charge in [0.15, 0.2) is 0 Å². The van der Waals surface area contributed by atoms with E-state index in [1.807, 2.05) is 0 Å². The van der Waals surface area contributed by atoms with Gasteiger partial charge >= 0.3 is 0 Å². The van der Waals surface area contributed by atoms with Gasteiger partial charge in [0.1, 0.15) is 5.69 Å². The third-order valence-electron chi connectivity index (χ3n) is 2.95. The minimum absolute atomic E-state index is 0.0286. The van der Waals surface area contributed by atoms with Crippen molar-refractivity contribution in [3.63, 3.8) is 0 Å². The highest BCUT2D eigenvalue weighted by atomic mass is 35.5. The Morgan fingerprint density at radius 3 is 2.43 bits per heavy atom. The Hall–Kier alpha value is -1.83. The van der Waals surface area contributed by atoms with Crippen LogP contribution in [0.25, 0.3) is 0 Å². The molecule has 6 nitrogen and oxygen atoms in total. The van der Waals surface area contributed by atoms with E-state index in [1.165, 1.54) is 24.4 Å². The quantitative estimate of drug-likeness (QED) is 0.797. The Bertz CT molecular complexity index is 753. The molecule has 0 aliphatic rings. The van der Waals surface area contributed by atoms with Crippen LogP contribution in [0.2, 0.25) is 5.02 Å². The standard InChI is InChI=1S/C13H14ClN3O3S/c1-8(17-13(18)12-6-10(14)7-16-12)9-2-4-11(5-3-9)21(15,19)20/h2-8,16H,1H3,(H,17,18)(H2,15,19,20)/t8-/m0/s1. The van der Waals surface area contributed by atoms with Gasteiger partial charge in [-0.05, 0) is 30.7 Å². The molecule has 2 rings (SSSR count). The molecule has 0 spiro atoms. The summed E-state index contributed by atoms with van der Waals surface area (Å²) in [5.74, 6) is -0.301. The lowest BCUT2D eigenvalue weighted by molar-refractivity contribution is 0.0935. The largest absolute Gasteiger partial charge is 0.356 e. The van der Waals surface area contributed by atoms with E-state index in [-0.39, 0.29) is 16.8 Å². The highest BCUT2D eigenvalue weighted by Gasteiger charge is 2.14. The minimum atomic E-state index is -3.72. The number of carbonyl (C=O) groups excluding carboxylic acids is 1. The van der Waals surface area contributed by atoms with Crippen LogP contribution in [-0.2, 0) is 10.0 Å². The van der Waals surface area contributed by atoms with E-state index in [2.05, 4.69) is 10.3 Å². The summed E-state index contributed by atoms with van der Waals surface area (Å²) in [6, 6.07) is 7.23. The molecule has 2 aromatic rings. The number of benzene rings is 1. The van der Waals surface area contributed by atoms with Gasteiger partial charge in [0.25, 0.3) is 5.91 Å². The molecule has 8 heteroatoms. The predicted molar refractivity (Wildman–Crippen MR) is 79.5 cm³/mol. The number of hydrogen-bond acceptors (Lipinski definition) is 3. The zero-order valence-electron chi connectivity index (χ0n) is 11.1. The van der Waals surface area contributed by atoms with Gasteiger partial charge in [-0.3, -0.25) is 4.79 Å². The zero-order valence-corrected chi connectivity index (χ0v) is 12.7. The van der Waals surface area contributed by atoms with Gasteiger partial charge in [0.2, 0.25) is 10.0 Å². The van der Waals surface area contributed by atoms with E-state index in [0.717, 1.165) is 5.56 Å². The van der Waals surface area contributed by atoms with E-state index in [4.69, 9.17) is 16.7 Å². The predicted octanol–water partition coefficient (Wildman–Crippen LogP) is 1.81. The molecule has 0 radical (unpaired) electrons. The van der Waals surface area contributed by atoms with Gasteiger partial charge in [0, 0.05) is 6.20 Å². The van der Waals surface area contributed by atoms with Gasteiger partial charge in [-0.1, -0.05) is 23.7 Å². The second-order valence-corrected chi connectivity index (χ2v) is 6.54. The van der Waals surface area contributed by atoms with E-state index in [1.54, 1.807) is 19.1 Å². The topological polar surface area (TPSA) is 105 Å². The maximum Gasteiger partial charge on any atom is 0.268 e. The second-order valence-electron chi connectivity index (χ2n) is 4.54. The van der Waals surface area contributed by atoms with Crippen LogP contribution in [-0.4, -0.2) is 19.3 Å². The van der Waals surface area contributed by atoms with E-state index >= 15 is 0 Å². The third kappa shape index (κ3) is 3.84. The number of aromatic amines is 1. The first kappa shape index (κ1) is 15.6. The Morgan fingerprint density at radius 1 is 1.33 bits per heavy atom. The van der Waals surface area contributed by atoms with Crippen molar-refractivity contribution in [2.75, 3.05) is 0 Å². The molecule has 0 unspecified atom stereocenters. The fourth-order valence-corrected chi connectivity index (χ4v) is 2.48. The smallest absolute Gasteiger partial charge is 0.268 e. The number of rotatable bonds is 4. The van der Waals surface area contributed by atoms with Crippen LogP contribution >= 0.6 is 11.6 Å². The number of H-pyrrole nitrogens is 1. The maximum absolute atomic E-state index is 12.0. The van der Waals surface area contributed by atoms with Crippen LogP contribution in [0.5, 0.6) is 0 Å². The number of halogens is 1. The summed E-state index contributed by atoms with van der Waals surface area (Å²) in [6.07, 6.45) is 1.52. The van der Waals surface area contributed by atoms with Crippen LogP contribution in [0.4, 0.5) is 0 Å². The lowest BCUT2D eigenvalue weighted by Gasteiger charge is -2.14. The summed E-state index contributed by atoms with van der Waals surface area (Å²) in [4.78, 5) is 14.7. The van der Waals surface area contributed by atoms with Crippen molar-refractivity contribution in [1.29, 1.82) is 0 Å². The van der Waals surface area contributed by atoms with Crippen LogP contribution in [0, 0.1) is 0 Å². The number of aromatic nitrogens is 1. The molecule has 1 heterocycles. The molecule has 112 valence electrons. The molecule has 0 saturated heterocycles. The van der Waals surface area contributed by atoms with E-state index in [0.29, 0.717) is 10.7 Å². The minimum Gasteiger partial charge on any atom is -0.356 e. The van der Waals surface area contributed by atoms with Gasteiger partial charge in [-0.25, -0.2) is 13.6 Å². The third-order valence-corrected chi connectivity index (χ3v) is 4.10. The van der Waals surface area contributed by atoms with Crippen molar-refractivity contribution in [3.8, 4) is 0 Å². The molecule has 0 saturated carbocycles. The highest BCUT2D eigenvalue weighted by Crippen LogP contribution is 2.16. The normalized spacial score (nSPS) is 12.9. The maximum atomic E-state index is 12.0. The molecule has 0 bridgehead atoms. The molecule has 1 aromatic heterocycles. The van der Waals surface area contributed by atoms with E-state index < -0.39 is 10.0 Å². The molecule has 1 atom stereocenters. The number of sulfonamides is 1. The average molecular weight is 328 g/mol. The van der Waals surface area contributed by atoms with Gasteiger partial charge in [0.05, 0.1) is 16.0 Å². The summed E-state index contributed by atoms with van der Waals surface area (Å²) in [5, 5.41) is 8.25. The van der Waals surface area contributed by atoms with Crippen molar-refractivity contribution in [2.24, 2.45) is 5.14 Å². The molecule has 0 aliphatic carbocycles. The van der Waals surface area contributed by atoms with Gasteiger partial charge in [-0.2, -0.15) is 0 Å². The molecular formula is C13H14ClN3O3S. The van der Waals surface area contributed by atoms with E-state index in [9.17, 15) is 13.2 Å². The van der Waals surface area contributed by atoms with Crippen molar-refractivity contribution in [1.82, 2.24) is 10.3 Å². The zero-order chi connectivity index (χ0) is 15.6. The lowest BCUT2D eigenvalue weighted by atomic mass is 10.1. The molecule has 0 aliphatic heterocycles. The summed E-state index contributed by atoms with van der Waals surface area (Å²) in [5.41, 5.74) is 1.11. The summed E-state index contributed by atoms with van der Waals surface area (Å²) in [7, 11) is -3.72. The Labute approximate surface area is 127 Å². The molecule has 1 aromatic carbocycles. The highest BCUT2D eigenvalue weighted by molar-refractivity contribution is 7.89. The lowest BCUT2D eigenvalue weighted by Crippen LogP contribution is -2.26. The number of hydrogen-bond donors (Lipinski definition) is 3. The first-order valence-electron chi connectivity index (χ1n) is 6.05. The summed E-state index contributed by atoms with van der Waals surface area (Å²) < 4.78 is 22.3. The monoisotopic (exact) mass is 327 g/mol. The average Bonchev–Trinajstić information content (AvgIpc) is 2.84. The first-order chi connectivity index (χ1) is 9.77. The number of primary sulfonamides is 1. The van der Waals surface area contributed by atoms with Crippen molar-refractivity contribution < 1.29 is 13.2 Å². The molecular weight excluding hydrogens is 314 g/mol. The molecule has 1 amide bonds. The molecule has 4 N–H and O–H groups in total. The molecule has 0 fully saturated rings. The number of amides is 1. The van der Waals surface area contributed by atoms with Gasteiger partial charge in [-0.15, -0.1) is 0 Å². The van der Waals surface area contributed by atoms with Gasteiger partial charge < -0.3 is 10.3 Å². The number of carbonyl (C=O) groups is 1. The van der Waals surface area contributed by atoms with Crippen molar-refractivity contribution in [3.05, 3.63) is 52.8 Å². The van der Waals surface area contributed by atoms with Crippen molar-refractivity contribution >= 4 is 27.5 Å². The van der Waals surface area contributed by atoms with Crippen LogP contribution in [0.1, 0.15) is 29.0 Å². The SMILES string of the molecule is C[C@H](NC(=O)c1cc(Cl)c[nH]1)c1ccc(S(N)(=O)=O)cc1. The van der Waals surface area contributed by atoms with Crippen LogP contribution < -0.4 is 10.5 Å². The fourth-order valence-electron chi connectivity index (χ4n) is 1.80. The Kier molecular flexibility index (Phi) is 4.36. The van der Waals surface area contributed by atoms with Crippen LogP contribution in [0.3, 0.4) is 0 Å². The molecule has 21 heavy (non-hydrogen) atoms. The van der Waals surface area contributed by atoms with Crippen molar-refractivity contribution in [2.45, 2.75) is 17.9 Å². The number of nitrogens with two attached hydrogens (primary N) is 1. The van der Waals surface area contributed by atoms with Crippen LogP contribution in [0.15, 0.2) is 41.4 Å². The first-order valence-corrected chi connectivity index (χ1v) is 7.97. The fraction of sp³-hybridized carbons (Fsp3) is 0.154. The Morgan fingerprint density at radius 2 is 1.95 bits per heavy atom. The Balaban J connectivity index is 2.10. The number of nitrogens with one attached hydrogen (secondary N) is 2. The summed E-state index contributed by atoms with van der Waals surface area (Å²) in [6.45, 7) is 1.79.